The number of nitrogens with zero attached hydrogens (tertiary/aromatic N) is 2. The van der Waals surface area contributed by atoms with E-state index in [0.29, 0.717) is 48.3 Å². The highest BCUT2D eigenvalue weighted by Gasteiger charge is 2.30. The summed E-state index contributed by atoms with van der Waals surface area (Å²) in [7, 11) is -3.31. The number of fused-ring (bicyclic) bond motifs is 3. The molecule has 0 saturated carbocycles. The summed E-state index contributed by atoms with van der Waals surface area (Å²) in [5.41, 5.74) is 1.78. The van der Waals surface area contributed by atoms with Gasteiger partial charge in [0.1, 0.15) is 5.56 Å². The Morgan fingerprint density at radius 1 is 1.30 bits per heavy atom. The minimum absolute atomic E-state index is 0.0476. The molecule has 2 aliphatic rings. The van der Waals surface area contributed by atoms with Crippen LogP contribution in [0.4, 0.5) is 5.69 Å². The second-order valence-electron chi connectivity index (χ2n) is 6.74. The van der Waals surface area contributed by atoms with Crippen molar-refractivity contribution in [1.82, 2.24) is 9.88 Å². The van der Waals surface area contributed by atoms with Gasteiger partial charge < -0.3 is 15.2 Å². The molecule has 144 valence electrons. The van der Waals surface area contributed by atoms with Crippen LogP contribution in [0, 0.1) is 0 Å². The normalized spacial score (nSPS) is 19.1. The van der Waals surface area contributed by atoms with Crippen molar-refractivity contribution in [3.8, 4) is 0 Å². The number of rotatable bonds is 5. The van der Waals surface area contributed by atoms with Crippen LogP contribution in [0.1, 0.15) is 15.9 Å². The standard InChI is InChI=1S/C18H21N3O5S/c22-18(23)13-11-20-14-1-2-15-12(3-10-27(15,24)25)16(14)17(13)19-4-5-21-6-8-26-9-7-21/h1-2,11H,3-10H2,(H,19,20)(H,22,23). The zero-order valence-electron chi connectivity index (χ0n) is 14.8. The predicted molar refractivity (Wildman–Crippen MR) is 100 cm³/mol. The van der Waals surface area contributed by atoms with Gasteiger partial charge in [0.15, 0.2) is 9.84 Å². The number of aromatic carboxylic acids is 1. The van der Waals surface area contributed by atoms with Gasteiger partial charge in [-0.05, 0) is 24.1 Å². The number of aromatic nitrogens is 1. The summed E-state index contributed by atoms with van der Waals surface area (Å²) < 4.78 is 29.9. The number of morpholine rings is 1. The first-order chi connectivity index (χ1) is 13.0. The Hall–Kier alpha value is -2.23. The van der Waals surface area contributed by atoms with Gasteiger partial charge >= 0.3 is 5.97 Å². The molecule has 1 fully saturated rings. The van der Waals surface area contributed by atoms with Crippen LogP contribution in [-0.4, -0.2) is 74.5 Å². The molecule has 4 rings (SSSR count). The average Bonchev–Trinajstić information content (AvgIpc) is 2.97. The Morgan fingerprint density at radius 2 is 2.07 bits per heavy atom. The molecule has 2 N–H and O–H groups in total. The number of nitrogens with one attached hydrogen (secondary N) is 1. The molecule has 2 aromatic rings. The van der Waals surface area contributed by atoms with E-state index in [1.54, 1.807) is 12.1 Å². The third kappa shape index (κ3) is 3.38. The molecule has 0 unspecified atom stereocenters. The highest BCUT2D eigenvalue weighted by Crippen LogP contribution is 2.37. The summed E-state index contributed by atoms with van der Waals surface area (Å²) in [5, 5.41) is 13.4. The van der Waals surface area contributed by atoms with Crippen molar-refractivity contribution in [2.45, 2.75) is 11.3 Å². The van der Waals surface area contributed by atoms with Gasteiger partial charge in [0.05, 0.1) is 35.1 Å². The first kappa shape index (κ1) is 18.1. The maximum atomic E-state index is 12.3. The van der Waals surface area contributed by atoms with Crippen molar-refractivity contribution < 1.29 is 23.1 Å². The minimum Gasteiger partial charge on any atom is -0.478 e. The van der Waals surface area contributed by atoms with E-state index in [0.717, 1.165) is 19.6 Å². The van der Waals surface area contributed by atoms with E-state index < -0.39 is 15.8 Å². The Balaban J connectivity index is 1.73. The van der Waals surface area contributed by atoms with E-state index in [4.69, 9.17) is 4.74 Å². The van der Waals surface area contributed by atoms with Crippen molar-refractivity contribution in [3.05, 3.63) is 29.5 Å². The molecule has 27 heavy (non-hydrogen) atoms. The number of aryl methyl sites for hydroxylation is 1. The molecule has 1 aromatic carbocycles. The molecule has 0 bridgehead atoms. The number of benzene rings is 1. The Morgan fingerprint density at radius 3 is 2.81 bits per heavy atom. The van der Waals surface area contributed by atoms with Crippen LogP contribution in [0.2, 0.25) is 0 Å². The Kier molecular flexibility index (Phi) is 4.75. The van der Waals surface area contributed by atoms with E-state index in [2.05, 4.69) is 15.2 Å². The third-order valence-corrected chi connectivity index (χ3v) is 6.91. The Labute approximate surface area is 157 Å². The number of hydrogen-bond acceptors (Lipinski definition) is 7. The number of carboxylic acid groups (broad SMARTS) is 1. The van der Waals surface area contributed by atoms with E-state index in [1.807, 2.05) is 0 Å². The van der Waals surface area contributed by atoms with Gasteiger partial charge in [0.2, 0.25) is 0 Å². The number of sulfone groups is 1. The molecule has 0 spiro atoms. The molecule has 0 radical (unpaired) electrons. The summed E-state index contributed by atoms with van der Waals surface area (Å²) >= 11 is 0. The van der Waals surface area contributed by atoms with Crippen molar-refractivity contribution in [1.29, 1.82) is 0 Å². The van der Waals surface area contributed by atoms with Crippen LogP contribution in [0.3, 0.4) is 0 Å². The first-order valence-corrected chi connectivity index (χ1v) is 10.6. The van der Waals surface area contributed by atoms with Gasteiger partial charge in [-0.25, -0.2) is 13.2 Å². The smallest absolute Gasteiger partial charge is 0.339 e. The van der Waals surface area contributed by atoms with Gasteiger partial charge in [-0.1, -0.05) is 0 Å². The summed E-state index contributed by atoms with van der Waals surface area (Å²) in [6, 6.07) is 3.22. The maximum absolute atomic E-state index is 12.3. The average molecular weight is 391 g/mol. The quantitative estimate of drug-likeness (QED) is 0.777. The van der Waals surface area contributed by atoms with Gasteiger partial charge in [0.25, 0.3) is 0 Å². The number of ether oxygens (including phenoxy) is 1. The fraction of sp³-hybridized carbons (Fsp3) is 0.444. The van der Waals surface area contributed by atoms with Gasteiger partial charge in [-0.15, -0.1) is 0 Å². The molecular formula is C18H21N3O5S. The zero-order valence-corrected chi connectivity index (χ0v) is 15.6. The number of carboxylic acids is 1. The van der Waals surface area contributed by atoms with Gasteiger partial charge in [-0.2, -0.15) is 0 Å². The zero-order chi connectivity index (χ0) is 19.0. The number of hydrogen-bond donors (Lipinski definition) is 2. The number of anilines is 1. The molecule has 1 aromatic heterocycles. The molecule has 3 heterocycles. The largest absolute Gasteiger partial charge is 0.478 e. The van der Waals surface area contributed by atoms with Crippen LogP contribution in [-0.2, 0) is 21.0 Å². The number of carbonyl (C=O) groups is 1. The molecule has 0 aliphatic carbocycles. The first-order valence-electron chi connectivity index (χ1n) is 8.92. The van der Waals surface area contributed by atoms with E-state index >= 15 is 0 Å². The molecule has 0 atom stereocenters. The van der Waals surface area contributed by atoms with E-state index in [-0.39, 0.29) is 16.2 Å². The Bertz CT molecular complexity index is 1000. The fourth-order valence-electron chi connectivity index (χ4n) is 3.73. The lowest BCUT2D eigenvalue weighted by Gasteiger charge is -2.27. The topological polar surface area (TPSA) is 109 Å². The van der Waals surface area contributed by atoms with Crippen molar-refractivity contribution in [2.24, 2.45) is 0 Å². The summed E-state index contributed by atoms with van der Waals surface area (Å²) in [6.45, 7) is 4.39. The van der Waals surface area contributed by atoms with Crippen LogP contribution in [0.15, 0.2) is 23.2 Å². The second kappa shape index (κ2) is 7.06. The van der Waals surface area contributed by atoms with Gasteiger partial charge in [0, 0.05) is 37.8 Å². The second-order valence-corrected chi connectivity index (χ2v) is 8.82. The lowest BCUT2D eigenvalue weighted by Crippen LogP contribution is -2.39. The lowest BCUT2D eigenvalue weighted by atomic mass is 10.0. The summed E-state index contributed by atoms with van der Waals surface area (Å²) in [4.78, 5) is 18.5. The van der Waals surface area contributed by atoms with Gasteiger partial charge in [-0.3, -0.25) is 9.88 Å². The minimum atomic E-state index is -3.31. The monoisotopic (exact) mass is 391 g/mol. The van der Waals surface area contributed by atoms with Crippen LogP contribution in [0.5, 0.6) is 0 Å². The lowest BCUT2D eigenvalue weighted by molar-refractivity contribution is 0.0398. The summed E-state index contributed by atoms with van der Waals surface area (Å²) in [6.07, 6.45) is 1.70. The summed E-state index contributed by atoms with van der Waals surface area (Å²) in [5.74, 6) is -1.04. The van der Waals surface area contributed by atoms with Crippen molar-refractivity contribution in [2.75, 3.05) is 50.5 Å². The van der Waals surface area contributed by atoms with Crippen LogP contribution >= 0.6 is 0 Å². The maximum Gasteiger partial charge on any atom is 0.339 e. The highest BCUT2D eigenvalue weighted by atomic mass is 32.2. The highest BCUT2D eigenvalue weighted by molar-refractivity contribution is 7.91. The fourth-order valence-corrected chi connectivity index (χ4v) is 5.28. The predicted octanol–water partition coefficient (Wildman–Crippen LogP) is 1.01. The van der Waals surface area contributed by atoms with E-state index in [9.17, 15) is 18.3 Å². The number of pyridine rings is 1. The molecule has 2 aliphatic heterocycles. The third-order valence-electron chi connectivity index (χ3n) is 5.12. The van der Waals surface area contributed by atoms with Crippen LogP contribution < -0.4 is 5.32 Å². The molecule has 0 amide bonds. The van der Waals surface area contributed by atoms with Crippen molar-refractivity contribution in [3.63, 3.8) is 0 Å². The molecular weight excluding hydrogens is 370 g/mol. The van der Waals surface area contributed by atoms with Crippen molar-refractivity contribution >= 4 is 32.4 Å². The van der Waals surface area contributed by atoms with E-state index in [1.165, 1.54) is 6.20 Å². The SMILES string of the molecule is O=C(O)c1cnc2ccc3c(c2c1NCCN1CCOCC1)CCS3(=O)=O. The molecule has 9 heteroatoms. The molecule has 1 saturated heterocycles. The van der Waals surface area contributed by atoms with Crippen LogP contribution in [0.25, 0.3) is 10.9 Å². The molecule has 8 nitrogen and oxygen atoms in total.